The Labute approximate surface area is 184 Å². The Morgan fingerprint density at radius 2 is 1.68 bits per heavy atom. The second kappa shape index (κ2) is 10.2. The quantitative estimate of drug-likeness (QED) is 0.690. The van der Waals surface area contributed by atoms with Gasteiger partial charge in [-0.15, -0.1) is 0 Å². The van der Waals surface area contributed by atoms with Gasteiger partial charge in [-0.3, -0.25) is 4.79 Å². The predicted molar refractivity (Wildman–Crippen MR) is 121 cm³/mol. The lowest BCUT2D eigenvalue weighted by atomic mass is 9.92. The van der Waals surface area contributed by atoms with Gasteiger partial charge in [0.1, 0.15) is 5.82 Å². The number of benzene rings is 2. The monoisotopic (exact) mass is 444 g/mol. The molecule has 1 atom stereocenters. The van der Waals surface area contributed by atoms with E-state index >= 15 is 0 Å². The molecule has 1 heterocycles. The number of nitrogens with one attached hydrogen (secondary N) is 1. The molecule has 166 valence electrons. The average molecular weight is 445 g/mol. The molecule has 1 N–H and O–H groups in total. The van der Waals surface area contributed by atoms with Gasteiger partial charge in [0, 0.05) is 24.4 Å². The molecule has 1 unspecified atom stereocenters. The molecule has 2 aromatic carbocycles. The molecule has 0 spiro atoms. The summed E-state index contributed by atoms with van der Waals surface area (Å²) in [5.74, 6) is -0.503. The molecule has 0 aliphatic carbocycles. The fourth-order valence-corrected chi connectivity index (χ4v) is 4.98. The third-order valence-electron chi connectivity index (χ3n) is 5.61. The first-order valence-electron chi connectivity index (χ1n) is 10.6. The van der Waals surface area contributed by atoms with Crippen LogP contribution >= 0.6 is 0 Å². The number of hydrogen-bond acceptors (Lipinski definition) is 3. The summed E-state index contributed by atoms with van der Waals surface area (Å²) in [6.45, 7) is 4.62. The van der Waals surface area contributed by atoms with Gasteiger partial charge < -0.3 is 5.32 Å². The normalized spacial score (nSPS) is 17.2. The van der Waals surface area contributed by atoms with Gasteiger partial charge >= 0.3 is 0 Å². The first kappa shape index (κ1) is 23.2. The molecule has 1 saturated heterocycles. The van der Waals surface area contributed by atoms with E-state index in [4.69, 9.17) is 0 Å². The minimum Gasteiger partial charge on any atom is -0.349 e. The number of rotatable bonds is 7. The van der Waals surface area contributed by atoms with Crippen LogP contribution in [0.1, 0.15) is 43.9 Å². The molecule has 3 rings (SSSR count). The van der Waals surface area contributed by atoms with E-state index in [0.29, 0.717) is 25.9 Å². The second-order valence-corrected chi connectivity index (χ2v) is 10.0. The molecule has 1 amide bonds. The lowest BCUT2D eigenvalue weighted by Gasteiger charge is -2.31. The van der Waals surface area contributed by atoms with Crippen LogP contribution in [0.3, 0.4) is 0 Å². The van der Waals surface area contributed by atoms with Crippen molar-refractivity contribution in [1.29, 1.82) is 0 Å². The average Bonchev–Trinajstić information content (AvgIpc) is 2.77. The van der Waals surface area contributed by atoms with E-state index in [9.17, 15) is 17.6 Å². The topological polar surface area (TPSA) is 66.5 Å². The smallest absolute Gasteiger partial charge is 0.236 e. The van der Waals surface area contributed by atoms with E-state index in [1.165, 1.54) is 21.8 Å². The van der Waals surface area contributed by atoms with Crippen LogP contribution in [0.25, 0.3) is 6.08 Å². The summed E-state index contributed by atoms with van der Waals surface area (Å²) >= 11 is 0. The molecule has 5 nitrogen and oxygen atoms in total. The standard InChI is InChI=1S/C24H29FN2O3S/c1-18(2)23(20-8-10-22(25)11-9-20)26-24(28)21-12-15-27(16-13-21)31(29,30)17-14-19-6-4-3-5-7-19/h3-11,14,17-18,21,23H,12-13,15-16H2,1-2H3,(H,26,28)/b17-14+. The fraction of sp³-hybridized carbons (Fsp3) is 0.375. The molecule has 2 aromatic rings. The molecular weight excluding hydrogens is 415 g/mol. The number of carbonyl (C=O) groups excluding carboxylic acids is 1. The highest BCUT2D eigenvalue weighted by Crippen LogP contribution is 2.25. The summed E-state index contributed by atoms with van der Waals surface area (Å²) in [6, 6.07) is 15.2. The van der Waals surface area contributed by atoms with Crippen molar-refractivity contribution in [3.63, 3.8) is 0 Å². The van der Waals surface area contributed by atoms with Crippen LogP contribution in [-0.4, -0.2) is 31.7 Å². The van der Waals surface area contributed by atoms with E-state index in [1.54, 1.807) is 18.2 Å². The molecule has 0 radical (unpaired) electrons. The van der Waals surface area contributed by atoms with Crippen molar-refractivity contribution in [2.75, 3.05) is 13.1 Å². The molecule has 1 aliphatic heterocycles. The SMILES string of the molecule is CC(C)C(NC(=O)C1CCN(S(=O)(=O)/C=C/c2ccccc2)CC1)c1ccc(F)cc1. The third-order valence-corrected chi connectivity index (χ3v) is 7.18. The maximum Gasteiger partial charge on any atom is 0.236 e. The van der Waals surface area contributed by atoms with Crippen LogP contribution in [0.2, 0.25) is 0 Å². The lowest BCUT2D eigenvalue weighted by molar-refractivity contribution is -0.127. The molecule has 0 aromatic heterocycles. The van der Waals surface area contributed by atoms with Crippen molar-refractivity contribution in [3.8, 4) is 0 Å². The van der Waals surface area contributed by atoms with Crippen molar-refractivity contribution in [2.45, 2.75) is 32.7 Å². The van der Waals surface area contributed by atoms with Gasteiger partial charge in [0.2, 0.25) is 15.9 Å². The van der Waals surface area contributed by atoms with E-state index < -0.39 is 10.0 Å². The van der Waals surface area contributed by atoms with E-state index in [-0.39, 0.29) is 29.6 Å². The van der Waals surface area contributed by atoms with E-state index in [2.05, 4.69) is 5.32 Å². The largest absolute Gasteiger partial charge is 0.349 e. The molecular formula is C24H29FN2O3S. The number of piperidine rings is 1. The Morgan fingerprint density at radius 1 is 1.06 bits per heavy atom. The van der Waals surface area contributed by atoms with Crippen LogP contribution < -0.4 is 5.32 Å². The number of sulfonamides is 1. The molecule has 0 saturated carbocycles. The van der Waals surface area contributed by atoms with Gasteiger partial charge in [-0.2, -0.15) is 4.31 Å². The van der Waals surface area contributed by atoms with Gasteiger partial charge in [0.05, 0.1) is 6.04 Å². The Balaban J connectivity index is 1.58. The van der Waals surface area contributed by atoms with Crippen molar-refractivity contribution >= 4 is 22.0 Å². The zero-order chi connectivity index (χ0) is 22.4. The fourth-order valence-electron chi connectivity index (χ4n) is 3.76. The zero-order valence-electron chi connectivity index (χ0n) is 17.9. The Kier molecular flexibility index (Phi) is 7.62. The minimum absolute atomic E-state index is 0.0834. The Bertz CT molecular complexity index is 997. The molecule has 7 heteroatoms. The highest BCUT2D eigenvalue weighted by atomic mass is 32.2. The van der Waals surface area contributed by atoms with Crippen LogP contribution in [0.5, 0.6) is 0 Å². The zero-order valence-corrected chi connectivity index (χ0v) is 18.7. The Hall–Kier alpha value is -2.51. The molecule has 1 fully saturated rings. The minimum atomic E-state index is -3.53. The number of amides is 1. The summed E-state index contributed by atoms with van der Waals surface area (Å²) in [5.41, 5.74) is 1.68. The highest BCUT2D eigenvalue weighted by molar-refractivity contribution is 7.92. The van der Waals surface area contributed by atoms with E-state index in [1.807, 2.05) is 44.2 Å². The van der Waals surface area contributed by atoms with Gasteiger partial charge in [0.15, 0.2) is 0 Å². The number of hydrogen-bond donors (Lipinski definition) is 1. The summed E-state index contributed by atoms with van der Waals surface area (Å²) in [6.07, 6.45) is 2.53. The number of nitrogens with zero attached hydrogens (tertiary/aromatic N) is 1. The lowest BCUT2D eigenvalue weighted by Crippen LogP contribution is -2.43. The van der Waals surface area contributed by atoms with Crippen LogP contribution in [0.15, 0.2) is 60.0 Å². The Morgan fingerprint density at radius 3 is 2.26 bits per heavy atom. The van der Waals surface area contributed by atoms with Gasteiger partial charge in [0.25, 0.3) is 0 Å². The highest BCUT2D eigenvalue weighted by Gasteiger charge is 2.31. The molecule has 1 aliphatic rings. The van der Waals surface area contributed by atoms with Crippen molar-refractivity contribution in [1.82, 2.24) is 9.62 Å². The third kappa shape index (κ3) is 6.24. The van der Waals surface area contributed by atoms with Crippen molar-refractivity contribution < 1.29 is 17.6 Å². The second-order valence-electron chi connectivity index (χ2n) is 8.21. The first-order chi connectivity index (χ1) is 14.8. The van der Waals surface area contributed by atoms with Gasteiger partial charge in [-0.25, -0.2) is 12.8 Å². The van der Waals surface area contributed by atoms with Crippen molar-refractivity contribution in [3.05, 3.63) is 76.9 Å². The maximum atomic E-state index is 13.2. The summed E-state index contributed by atoms with van der Waals surface area (Å²) in [4.78, 5) is 12.9. The van der Waals surface area contributed by atoms with E-state index in [0.717, 1.165) is 11.1 Å². The van der Waals surface area contributed by atoms with Crippen LogP contribution in [0.4, 0.5) is 4.39 Å². The maximum absolute atomic E-state index is 13.2. The molecule has 31 heavy (non-hydrogen) atoms. The summed E-state index contributed by atoms with van der Waals surface area (Å²) in [5, 5.41) is 4.31. The predicted octanol–water partition coefficient (Wildman–Crippen LogP) is 4.35. The molecule has 0 bridgehead atoms. The number of carbonyl (C=O) groups is 1. The number of halogens is 1. The first-order valence-corrected chi connectivity index (χ1v) is 12.1. The van der Waals surface area contributed by atoms with Crippen molar-refractivity contribution in [2.24, 2.45) is 11.8 Å². The summed E-state index contributed by atoms with van der Waals surface area (Å²) in [7, 11) is -3.53. The van der Waals surface area contributed by atoms with Gasteiger partial charge in [-0.05, 0) is 48.1 Å². The van der Waals surface area contributed by atoms with Gasteiger partial charge in [-0.1, -0.05) is 56.3 Å². The van der Waals surface area contributed by atoms with Crippen LogP contribution in [0, 0.1) is 17.7 Å². The summed E-state index contributed by atoms with van der Waals surface area (Å²) < 4.78 is 39.9. The van der Waals surface area contributed by atoms with Crippen LogP contribution in [-0.2, 0) is 14.8 Å².